The fourth-order valence-corrected chi connectivity index (χ4v) is 4.01. The molecule has 0 radical (unpaired) electrons. The van der Waals surface area contributed by atoms with Crippen LogP contribution in [0, 0.1) is 40.9 Å². The lowest BCUT2D eigenvalue weighted by molar-refractivity contribution is -0.276. The molecule has 12 heteroatoms. The van der Waals surface area contributed by atoms with E-state index in [1.165, 1.54) is 6.07 Å². The summed E-state index contributed by atoms with van der Waals surface area (Å²) in [5.74, 6) is -6.72. The zero-order chi connectivity index (χ0) is 32.2. The Kier molecular flexibility index (Phi) is 9.27. The molecule has 0 aliphatic heterocycles. The van der Waals surface area contributed by atoms with Crippen molar-refractivity contribution < 1.29 is 53.4 Å². The summed E-state index contributed by atoms with van der Waals surface area (Å²) in [6.07, 6.45) is -7.00. The van der Waals surface area contributed by atoms with Crippen LogP contribution in [-0.2, 0) is 12.5 Å². The maximum Gasteiger partial charge on any atom is 0.573 e. The summed E-state index contributed by atoms with van der Waals surface area (Å²) in [4.78, 5) is 0. The highest BCUT2D eigenvalue weighted by Gasteiger charge is 2.42. The van der Waals surface area contributed by atoms with E-state index in [0.717, 1.165) is 30.5 Å². The van der Waals surface area contributed by atoms with Gasteiger partial charge in [-0.1, -0.05) is 36.1 Å². The molecule has 4 aromatic rings. The summed E-state index contributed by atoms with van der Waals surface area (Å²) in [5, 5.41) is 0. The van der Waals surface area contributed by atoms with Crippen LogP contribution in [0.2, 0.25) is 0 Å². The van der Waals surface area contributed by atoms with E-state index in [0.29, 0.717) is 17.7 Å². The molecule has 0 atom stereocenters. The van der Waals surface area contributed by atoms with E-state index in [1.807, 2.05) is 12.1 Å². The van der Waals surface area contributed by atoms with E-state index < -0.39 is 64.2 Å². The standard InChI is InChI=1S/C32H18F10O2/c1-2-3-4-18-5-7-19(8-6-18)9-10-20-11-12-23(24(33)13-20)21-14-25(34)29(26(35)15-21)31(38,39)43-22-16-27(36)30(28(37)17-22)44-32(40,41)42/h2,5-8,11-17H,1,3-4H2. The Morgan fingerprint density at radius 1 is 0.659 bits per heavy atom. The molecule has 0 aromatic heterocycles. The van der Waals surface area contributed by atoms with Crippen molar-refractivity contribution in [3.63, 3.8) is 0 Å². The van der Waals surface area contributed by atoms with Crippen LogP contribution in [0.25, 0.3) is 11.1 Å². The fraction of sp³-hybridized carbons (Fsp3) is 0.125. The highest BCUT2D eigenvalue weighted by atomic mass is 19.4. The lowest BCUT2D eigenvalue weighted by atomic mass is 10.0. The molecule has 2 nitrogen and oxygen atoms in total. The van der Waals surface area contributed by atoms with Gasteiger partial charge in [0, 0.05) is 28.8 Å². The highest BCUT2D eigenvalue weighted by molar-refractivity contribution is 5.66. The Bertz CT molecular complexity index is 1700. The normalized spacial score (nSPS) is 11.5. The number of allylic oxidation sites excluding steroid dienone is 1. The average molecular weight is 624 g/mol. The minimum absolute atomic E-state index is 0.0958. The van der Waals surface area contributed by atoms with Crippen molar-refractivity contribution in [1.29, 1.82) is 0 Å². The Labute approximate surface area is 244 Å². The number of benzene rings is 4. The number of hydrogen-bond acceptors (Lipinski definition) is 2. The minimum atomic E-state index is -5.51. The molecule has 228 valence electrons. The van der Waals surface area contributed by atoms with Crippen molar-refractivity contribution in [1.82, 2.24) is 0 Å². The number of halogens is 10. The number of hydrogen-bond donors (Lipinski definition) is 0. The van der Waals surface area contributed by atoms with Gasteiger partial charge in [-0.15, -0.1) is 19.8 Å². The molecular weight excluding hydrogens is 606 g/mol. The first-order chi connectivity index (χ1) is 20.7. The van der Waals surface area contributed by atoms with Gasteiger partial charge < -0.3 is 9.47 Å². The second-order valence-corrected chi connectivity index (χ2v) is 9.17. The van der Waals surface area contributed by atoms with Gasteiger partial charge in [-0.3, -0.25) is 0 Å². The van der Waals surface area contributed by atoms with Gasteiger partial charge in [0.15, 0.2) is 11.6 Å². The van der Waals surface area contributed by atoms with Gasteiger partial charge in [-0.25, -0.2) is 22.0 Å². The van der Waals surface area contributed by atoms with Gasteiger partial charge >= 0.3 is 12.5 Å². The largest absolute Gasteiger partial charge is 0.573 e. The lowest BCUT2D eigenvalue weighted by Gasteiger charge is -2.20. The van der Waals surface area contributed by atoms with E-state index in [1.54, 1.807) is 18.2 Å². The highest BCUT2D eigenvalue weighted by Crippen LogP contribution is 2.39. The molecule has 0 N–H and O–H groups in total. The van der Waals surface area contributed by atoms with Gasteiger partial charge in [0.1, 0.15) is 28.8 Å². The van der Waals surface area contributed by atoms with Crippen molar-refractivity contribution in [2.45, 2.75) is 25.3 Å². The Hall–Kier alpha value is -4.92. The Balaban J connectivity index is 1.55. The summed E-state index contributed by atoms with van der Waals surface area (Å²) in [6.45, 7) is 3.67. The second kappa shape index (κ2) is 12.8. The van der Waals surface area contributed by atoms with Crippen molar-refractivity contribution in [3.05, 3.63) is 131 Å². The molecule has 0 spiro atoms. The van der Waals surface area contributed by atoms with Crippen LogP contribution in [0.15, 0.2) is 79.4 Å². The topological polar surface area (TPSA) is 18.5 Å². The summed E-state index contributed by atoms with van der Waals surface area (Å²) < 4.78 is 146. The van der Waals surface area contributed by atoms with Crippen LogP contribution in [0.5, 0.6) is 11.5 Å². The van der Waals surface area contributed by atoms with Gasteiger partial charge in [0.05, 0.1) is 0 Å². The number of alkyl halides is 5. The SMILES string of the molecule is C=CCCc1ccc(C#Cc2ccc(-c3cc(F)c(C(F)(F)Oc4cc(F)c(OC(F)(F)F)c(F)c4)c(F)c3)c(F)c2)cc1. The molecule has 4 rings (SSSR count). The van der Waals surface area contributed by atoms with Crippen LogP contribution in [0.1, 0.15) is 28.7 Å². The van der Waals surface area contributed by atoms with Gasteiger partial charge in [0.2, 0.25) is 5.75 Å². The molecular formula is C32H18F10O2. The van der Waals surface area contributed by atoms with Crippen LogP contribution >= 0.6 is 0 Å². The lowest BCUT2D eigenvalue weighted by Crippen LogP contribution is -2.25. The average Bonchev–Trinajstić information content (AvgIpc) is 2.92. The third-order valence-corrected chi connectivity index (χ3v) is 5.99. The molecule has 44 heavy (non-hydrogen) atoms. The summed E-state index contributed by atoms with van der Waals surface area (Å²) >= 11 is 0. The third-order valence-electron chi connectivity index (χ3n) is 5.99. The zero-order valence-electron chi connectivity index (χ0n) is 22.1. The molecule has 0 amide bonds. The van der Waals surface area contributed by atoms with Crippen molar-refractivity contribution in [3.8, 4) is 34.5 Å². The van der Waals surface area contributed by atoms with Gasteiger partial charge in [-0.2, -0.15) is 8.78 Å². The molecule has 0 heterocycles. The van der Waals surface area contributed by atoms with Crippen molar-refractivity contribution >= 4 is 0 Å². The molecule has 0 unspecified atom stereocenters. The van der Waals surface area contributed by atoms with E-state index >= 15 is 0 Å². The third kappa shape index (κ3) is 7.72. The van der Waals surface area contributed by atoms with Gasteiger partial charge in [0.25, 0.3) is 0 Å². The Morgan fingerprint density at radius 2 is 1.23 bits per heavy atom. The van der Waals surface area contributed by atoms with Crippen LogP contribution in [0.3, 0.4) is 0 Å². The first kappa shape index (κ1) is 32.0. The van der Waals surface area contributed by atoms with Crippen LogP contribution in [-0.4, -0.2) is 6.36 Å². The van der Waals surface area contributed by atoms with Crippen molar-refractivity contribution in [2.24, 2.45) is 0 Å². The smallest absolute Gasteiger partial charge is 0.429 e. The van der Waals surface area contributed by atoms with E-state index in [9.17, 15) is 43.9 Å². The second-order valence-electron chi connectivity index (χ2n) is 9.17. The van der Waals surface area contributed by atoms with Gasteiger partial charge in [-0.05, 0) is 60.4 Å². The predicted molar refractivity (Wildman–Crippen MR) is 140 cm³/mol. The van der Waals surface area contributed by atoms with Crippen LogP contribution < -0.4 is 9.47 Å². The molecule has 0 aliphatic carbocycles. The fourth-order valence-electron chi connectivity index (χ4n) is 4.01. The molecule has 4 aromatic carbocycles. The number of rotatable bonds is 8. The zero-order valence-corrected chi connectivity index (χ0v) is 22.1. The molecule has 0 aliphatic rings. The number of aryl methyl sites for hydroxylation is 1. The molecule has 0 saturated carbocycles. The summed E-state index contributed by atoms with van der Waals surface area (Å²) in [7, 11) is 0. The quantitative estimate of drug-likeness (QED) is 0.110. The first-order valence-corrected chi connectivity index (χ1v) is 12.5. The predicted octanol–water partition coefficient (Wildman–Crippen LogP) is 9.59. The monoisotopic (exact) mass is 624 g/mol. The Morgan fingerprint density at radius 3 is 1.77 bits per heavy atom. The number of ether oxygens (including phenoxy) is 2. The first-order valence-electron chi connectivity index (χ1n) is 12.5. The van der Waals surface area contributed by atoms with E-state index in [4.69, 9.17) is 0 Å². The molecule has 0 bridgehead atoms. The van der Waals surface area contributed by atoms with Crippen molar-refractivity contribution in [2.75, 3.05) is 0 Å². The van der Waals surface area contributed by atoms with Crippen LogP contribution in [0.4, 0.5) is 43.9 Å². The molecule has 0 fully saturated rings. The summed E-state index contributed by atoms with van der Waals surface area (Å²) in [5.41, 5.74) is -0.896. The molecule has 0 saturated heterocycles. The van der Waals surface area contributed by atoms with E-state index in [2.05, 4.69) is 27.9 Å². The maximum atomic E-state index is 14.9. The maximum absolute atomic E-state index is 14.9. The van der Waals surface area contributed by atoms with E-state index in [-0.39, 0.29) is 23.3 Å². The minimum Gasteiger partial charge on any atom is -0.429 e. The summed E-state index contributed by atoms with van der Waals surface area (Å²) in [6, 6.07) is 11.4.